The molecule has 0 amide bonds. The molecule has 0 fully saturated rings. The van der Waals surface area contributed by atoms with Gasteiger partial charge in [-0.05, 0) is 18.2 Å². The maximum absolute atomic E-state index is 12.8. The number of hydrogen-bond donors (Lipinski definition) is 1. The molecule has 0 unspecified atom stereocenters. The Morgan fingerprint density at radius 2 is 2.31 bits per heavy atom. The summed E-state index contributed by atoms with van der Waals surface area (Å²) >= 11 is 5.44. The van der Waals surface area contributed by atoms with Crippen LogP contribution in [0.15, 0.2) is 18.2 Å². The molecule has 0 aromatic heterocycles. The molecule has 0 saturated carbocycles. The molecule has 0 radical (unpaired) electrons. The Morgan fingerprint density at radius 3 is 2.85 bits per heavy atom. The van der Waals surface area contributed by atoms with Crippen molar-refractivity contribution in [2.45, 2.75) is 6.10 Å². The largest absolute Gasteiger partial charge is 0.496 e. The second-order valence-electron chi connectivity index (χ2n) is 2.56. The van der Waals surface area contributed by atoms with Gasteiger partial charge in [0, 0.05) is 5.56 Å². The van der Waals surface area contributed by atoms with Crippen LogP contribution in [0.3, 0.4) is 0 Å². The molecule has 0 aliphatic rings. The van der Waals surface area contributed by atoms with Crippen molar-refractivity contribution in [1.82, 2.24) is 0 Å². The zero-order valence-corrected chi connectivity index (χ0v) is 7.88. The molecule has 0 bridgehead atoms. The number of aliphatic hydroxyl groups is 1. The summed E-state index contributed by atoms with van der Waals surface area (Å²) in [4.78, 5) is 0. The minimum Gasteiger partial charge on any atom is -0.496 e. The summed E-state index contributed by atoms with van der Waals surface area (Å²) in [6, 6.07) is 3.94. The van der Waals surface area contributed by atoms with Gasteiger partial charge in [-0.25, -0.2) is 4.39 Å². The van der Waals surface area contributed by atoms with Crippen molar-refractivity contribution in [2.75, 3.05) is 13.0 Å². The second kappa shape index (κ2) is 4.44. The Hall–Kier alpha value is -0.800. The molecule has 72 valence electrons. The van der Waals surface area contributed by atoms with Crippen LogP contribution in [-0.4, -0.2) is 18.1 Å². The van der Waals surface area contributed by atoms with E-state index in [4.69, 9.17) is 16.3 Å². The van der Waals surface area contributed by atoms with Gasteiger partial charge in [-0.15, -0.1) is 11.6 Å². The predicted octanol–water partition coefficient (Wildman–Crippen LogP) is 2.11. The van der Waals surface area contributed by atoms with Crippen molar-refractivity contribution in [3.05, 3.63) is 29.6 Å². The lowest BCUT2D eigenvalue weighted by Gasteiger charge is -2.11. The van der Waals surface area contributed by atoms with Crippen LogP contribution < -0.4 is 4.74 Å². The van der Waals surface area contributed by atoms with E-state index in [1.807, 2.05) is 0 Å². The summed E-state index contributed by atoms with van der Waals surface area (Å²) in [5.41, 5.74) is 0.373. The first-order valence-corrected chi connectivity index (χ1v) is 4.30. The van der Waals surface area contributed by atoms with Crippen LogP contribution in [0.4, 0.5) is 4.39 Å². The molecule has 0 aliphatic heterocycles. The number of methoxy groups -OCH3 is 1. The van der Waals surface area contributed by atoms with Gasteiger partial charge >= 0.3 is 0 Å². The van der Waals surface area contributed by atoms with Gasteiger partial charge in [-0.2, -0.15) is 0 Å². The Morgan fingerprint density at radius 1 is 1.62 bits per heavy atom. The first-order valence-electron chi connectivity index (χ1n) is 3.76. The van der Waals surface area contributed by atoms with Crippen LogP contribution in [-0.2, 0) is 0 Å². The Bertz CT molecular complexity index is 291. The van der Waals surface area contributed by atoms with Gasteiger partial charge in [0.15, 0.2) is 0 Å². The van der Waals surface area contributed by atoms with Crippen molar-refractivity contribution in [3.8, 4) is 5.75 Å². The van der Waals surface area contributed by atoms with Crippen LogP contribution in [0.2, 0.25) is 0 Å². The van der Waals surface area contributed by atoms with Crippen LogP contribution in [0.5, 0.6) is 5.75 Å². The second-order valence-corrected chi connectivity index (χ2v) is 2.86. The number of ether oxygens (including phenoxy) is 1. The molecule has 0 spiro atoms. The Labute approximate surface area is 80.9 Å². The fourth-order valence-electron chi connectivity index (χ4n) is 1.05. The summed E-state index contributed by atoms with van der Waals surface area (Å²) in [6.07, 6.45) is -0.896. The molecule has 0 saturated heterocycles. The van der Waals surface area contributed by atoms with E-state index in [0.717, 1.165) is 0 Å². The van der Waals surface area contributed by atoms with Crippen molar-refractivity contribution in [1.29, 1.82) is 0 Å². The summed E-state index contributed by atoms with van der Waals surface area (Å²) < 4.78 is 17.7. The van der Waals surface area contributed by atoms with Crippen LogP contribution in [0.1, 0.15) is 11.7 Å². The average molecular weight is 205 g/mol. The lowest BCUT2D eigenvalue weighted by atomic mass is 10.1. The molecular formula is C9H10ClFO2. The van der Waals surface area contributed by atoms with E-state index >= 15 is 0 Å². The highest BCUT2D eigenvalue weighted by molar-refractivity contribution is 6.18. The minimum absolute atomic E-state index is 0.0137. The van der Waals surface area contributed by atoms with E-state index in [0.29, 0.717) is 11.3 Å². The van der Waals surface area contributed by atoms with Gasteiger partial charge in [0.05, 0.1) is 19.1 Å². The molecule has 1 aromatic rings. The molecule has 1 rings (SSSR count). The molecule has 13 heavy (non-hydrogen) atoms. The molecule has 1 aromatic carbocycles. The summed E-state index contributed by atoms with van der Waals surface area (Å²) in [6.45, 7) is 0. The third kappa shape index (κ3) is 2.32. The topological polar surface area (TPSA) is 29.5 Å². The highest BCUT2D eigenvalue weighted by Gasteiger charge is 2.12. The maximum Gasteiger partial charge on any atom is 0.124 e. The van der Waals surface area contributed by atoms with Gasteiger partial charge in [0.2, 0.25) is 0 Å². The van der Waals surface area contributed by atoms with Crippen LogP contribution >= 0.6 is 11.6 Å². The maximum atomic E-state index is 12.8. The SMILES string of the molecule is COc1ccc(F)cc1[C@H](O)CCl. The number of benzene rings is 1. The summed E-state index contributed by atoms with van der Waals surface area (Å²) in [5, 5.41) is 9.39. The number of alkyl halides is 1. The number of aliphatic hydroxyl groups excluding tert-OH is 1. The van der Waals surface area contributed by atoms with Crippen molar-refractivity contribution >= 4 is 11.6 Å². The molecule has 0 aliphatic carbocycles. The van der Waals surface area contributed by atoms with Crippen molar-refractivity contribution < 1.29 is 14.2 Å². The quantitative estimate of drug-likeness (QED) is 0.765. The third-order valence-corrected chi connectivity index (χ3v) is 1.99. The average Bonchev–Trinajstić information content (AvgIpc) is 2.16. The Kier molecular flexibility index (Phi) is 3.51. The van der Waals surface area contributed by atoms with E-state index < -0.39 is 11.9 Å². The smallest absolute Gasteiger partial charge is 0.124 e. The molecule has 1 atom stereocenters. The minimum atomic E-state index is -0.896. The summed E-state index contributed by atoms with van der Waals surface area (Å²) in [5.74, 6) is 0.0364. The first kappa shape index (κ1) is 10.3. The van der Waals surface area contributed by atoms with Gasteiger partial charge in [-0.3, -0.25) is 0 Å². The lowest BCUT2D eigenvalue weighted by molar-refractivity contribution is 0.197. The molecule has 1 N–H and O–H groups in total. The van der Waals surface area contributed by atoms with Crippen LogP contribution in [0.25, 0.3) is 0 Å². The van der Waals surface area contributed by atoms with Crippen LogP contribution in [0, 0.1) is 5.82 Å². The van der Waals surface area contributed by atoms with Gasteiger partial charge in [0.1, 0.15) is 11.6 Å². The monoisotopic (exact) mass is 204 g/mol. The molecular weight excluding hydrogens is 195 g/mol. The van der Waals surface area contributed by atoms with E-state index in [2.05, 4.69) is 0 Å². The standard InChI is InChI=1S/C9H10ClFO2/c1-13-9-3-2-6(11)4-7(9)8(12)5-10/h2-4,8,12H,5H2,1H3/t8-/m1/s1. The fourth-order valence-corrected chi connectivity index (χ4v) is 1.21. The van der Waals surface area contributed by atoms with E-state index in [1.54, 1.807) is 0 Å². The molecule has 4 heteroatoms. The number of rotatable bonds is 3. The van der Waals surface area contributed by atoms with Crippen molar-refractivity contribution in [3.63, 3.8) is 0 Å². The van der Waals surface area contributed by atoms with Gasteiger partial charge in [-0.1, -0.05) is 0 Å². The van der Waals surface area contributed by atoms with E-state index in [9.17, 15) is 9.50 Å². The first-order chi connectivity index (χ1) is 6.19. The van der Waals surface area contributed by atoms with E-state index in [-0.39, 0.29) is 5.88 Å². The lowest BCUT2D eigenvalue weighted by Crippen LogP contribution is -2.02. The number of hydrogen-bond acceptors (Lipinski definition) is 2. The van der Waals surface area contributed by atoms with Gasteiger partial charge < -0.3 is 9.84 Å². The fraction of sp³-hybridized carbons (Fsp3) is 0.333. The third-order valence-electron chi connectivity index (χ3n) is 1.70. The zero-order chi connectivity index (χ0) is 9.84. The predicted molar refractivity (Wildman–Crippen MR) is 48.6 cm³/mol. The van der Waals surface area contributed by atoms with Crippen molar-refractivity contribution in [2.24, 2.45) is 0 Å². The zero-order valence-electron chi connectivity index (χ0n) is 7.13. The highest BCUT2D eigenvalue weighted by Crippen LogP contribution is 2.26. The highest BCUT2D eigenvalue weighted by atomic mass is 35.5. The molecule has 2 nitrogen and oxygen atoms in total. The van der Waals surface area contributed by atoms with E-state index in [1.165, 1.54) is 25.3 Å². The van der Waals surface area contributed by atoms with Gasteiger partial charge in [0.25, 0.3) is 0 Å². The molecule has 0 heterocycles. The number of halogens is 2. The normalized spacial score (nSPS) is 12.6. The summed E-state index contributed by atoms with van der Waals surface area (Å²) in [7, 11) is 1.46. The Balaban J connectivity index is 3.07.